The number of rotatable bonds is 12. The van der Waals surface area contributed by atoms with Gasteiger partial charge in [-0.1, -0.05) is 57.9 Å². The molecule has 3 N–H and O–H groups in total. The number of ether oxygens (including phenoxy) is 2. The van der Waals surface area contributed by atoms with Crippen molar-refractivity contribution in [3.05, 3.63) is 41.0 Å². The van der Waals surface area contributed by atoms with Gasteiger partial charge in [0.15, 0.2) is 18.0 Å². The third-order valence-corrected chi connectivity index (χ3v) is 6.99. The van der Waals surface area contributed by atoms with Gasteiger partial charge in [0.2, 0.25) is 17.7 Å². The molecule has 9 nitrogen and oxygen atoms in total. The number of nitrogens with zero attached hydrogens (tertiary/aromatic N) is 2. The molecule has 270 valence electrons. The van der Waals surface area contributed by atoms with Crippen molar-refractivity contribution >= 4 is 34.5 Å². The van der Waals surface area contributed by atoms with Crippen molar-refractivity contribution in [2.24, 2.45) is 5.92 Å². The summed E-state index contributed by atoms with van der Waals surface area (Å²) in [5.74, 6) is -0.386. The molecule has 0 atom stereocenters. The standard InChI is InChI=1S/C21H20F5N5O4.C9H18.CH3F.F2/c1-10(32)12-6-15-18(30-19(12)35-8-16(22)23)31-20(29-15)28-14-5-11(7-27-17(33)9-34-2)3-4-13(14)21(24,25)26;1-2-6-9-7-4-3-5-8-9;2*1-2/h3-6,16H,7-9H2,1-2H3,(H,27,33)(H2,28,29,30,31);9H,2-8H2,1H3;1H3;. The molecule has 2 heterocycles. The highest BCUT2D eigenvalue weighted by atomic mass is 20.0. The summed E-state index contributed by atoms with van der Waals surface area (Å²) in [7, 11) is 1.83. The second-order valence-corrected chi connectivity index (χ2v) is 10.6. The molecule has 2 aromatic heterocycles. The number of aromatic nitrogens is 3. The van der Waals surface area contributed by atoms with E-state index in [1.54, 1.807) is 0 Å². The van der Waals surface area contributed by atoms with Crippen LogP contribution in [0, 0.1) is 5.92 Å². The molecule has 1 aliphatic rings. The lowest BCUT2D eigenvalue weighted by molar-refractivity contribution is -0.137. The lowest BCUT2D eigenvalue weighted by Gasteiger charge is -2.20. The van der Waals surface area contributed by atoms with Crippen LogP contribution in [0.15, 0.2) is 24.3 Å². The predicted molar refractivity (Wildman–Crippen MR) is 165 cm³/mol. The number of anilines is 2. The minimum atomic E-state index is -4.71. The quantitative estimate of drug-likeness (QED) is 0.128. The van der Waals surface area contributed by atoms with Crippen molar-refractivity contribution in [1.82, 2.24) is 20.3 Å². The first kappa shape index (κ1) is 42.0. The maximum absolute atomic E-state index is 13.6. The van der Waals surface area contributed by atoms with Crippen LogP contribution in [0.4, 0.5) is 47.1 Å². The summed E-state index contributed by atoms with van der Waals surface area (Å²) in [5, 5.41) is 5.04. The molecule has 0 bridgehead atoms. The Labute approximate surface area is 273 Å². The second-order valence-electron chi connectivity index (χ2n) is 10.6. The monoisotopic (exact) mass is 699 g/mol. The zero-order chi connectivity index (χ0) is 36.3. The first-order valence-electron chi connectivity index (χ1n) is 15.0. The van der Waals surface area contributed by atoms with Crippen molar-refractivity contribution in [1.29, 1.82) is 0 Å². The van der Waals surface area contributed by atoms with Gasteiger partial charge in [0.05, 0.1) is 29.5 Å². The number of amides is 1. The number of methoxy groups -OCH3 is 1. The highest BCUT2D eigenvalue weighted by molar-refractivity contribution is 5.99. The fourth-order valence-corrected chi connectivity index (χ4v) is 4.94. The van der Waals surface area contributed by atoms with Crippen molar-refractivity contribution < 1.29 is 54.6 Å². The summed E-state index contributed by atoms with van der Waals surface area (Å²) in [6.45, 7) is 2.22. The Morgan fingerprint density at radius 1 is 1.06 bits per heavy atom. The summed E-state index contributed by atoms with van der Waals surface area (Å²) < 4.78 is 101. The zero-order valence-electron chi connectivity index (χ0n) is 27.1. The van der Waals surface area contributed by atoms with Crippen LogP contribution < -0.4 is 15.4 Å². The SMILES string of the molecule is CCCC1CCCCC1.CF.COCC(=O)NCc1ccc(C(F)(F)F)c(Nc2nc3nc(OCC(F)F)c(C(C)=O)cc3[nH]2)c1.FF. The van der Waals surface area contributed by atoms with Crippen LogP contribution >= 0.6 is 0 Å². The van der Waals surface area contributed by atoms with Crippen LogP contribution in [-0.2, 0) is 22.3 Å². The smallest absolute Gasteiger partial charge is 0.418 e. The highest BCUT2D eigenvalue weighted by Gasteiger charge is 2.34. The largest absolute Gasteiger partial charge is 0.471 e. The molecule has 17 heteroatoms. The maximum Gasteiger partial charge on any atom is 0.418 e. The molecular weight excluding hydrogens is 658 g/mol. The van der Waals surface area contributed by atoms with Gasteiger partial charge >= 0.3 is 6.18 Å². The molecule has 3 aromatic rings. The summed E-state index contributed by atoms with van der Waals surface area (Å²) in [4.78, 5) is 34.1. The molecule has 48 heavy (non-hydrogen) atoms. The number of hydrogen-bond donors (Lipinski definition) is 3. The van der Waals surface area contributed by atoms with Crippen LogP contribution in [0.3, 0.4) is 0 Å². The normalized spacial score (nSPS) is 12.9. The van der Waals surface area contributed by atoms with E-state index in [0.29, 0.717) is 12.7 Å². The first-order valence-corrected chi connectivity index (χ1v) is 15.0. The third kappa shape index (κ3) is 14.0. The number of fused-ring (bicyclic) bond motifs is 1. The maximum atomic E-state index is 13.6. The number of nitrogens with one attached hydrogen (secondary N) is 3. The Bertz CT molecular complexity index is 1400. The van der Waals surface area contributed by atoms with E-state index in [-0.39, 0.29) is 47.4 Å². The number of imidazole rings is 1. The number of carbonyl (C=O) groups excluding carboxylic acids is 2. The van der Waals surface area contributed by atoms with Gasteiger partial charge in [-0.05, 0) is 36.6 Å². The first-order chi connectivity index (χ1) is 22.9. The predicted octanol–water partition coefficient (Wildman–Crippen LogP) is 8.62. The van der Waals surface area contributed by atoms with Crippen LogP contribution in [0.2, 0.25) is 0 Å². The van der Waals surface area contributed by atoms with E-state index in [4.69, 9.17) is 13.9 Å². The molecule has 0 unspecified atom stereocenters. The van der Waals surface area contributed by atoms with Crippen molar-refractivity contribution in [2.75, 3.05) is 32.8 Å². The molecule has 1 aromatic carbocycles. The minimum Gasteiger partial charge on any atom is -0.471 e. The molecule has 0 saturated heterocycles. The molecule has 0 spiro atoms. The molecule has 1 aliphatic carbocycles. The fraction of sp³-hybridized carbons (Fsp3) is 0.548. The van der Waals surface area contributed by atoms with Gasteiger partial charge in [-0.15, -0.1) is 0 Å². The average Bonchev–Trinajstić information content (AvgIpc) is 3.46. The van der Waals surface area contributed by atoms with Crippen LogP contribution in [0.25, 0.3) is 11.2 Å². The lowest BCUT2D eigenvalue weighted by Crippen LogP contribution is -2.26. The van der Waals surface area contributed by atoms with Gasteiger partial charge in [-0.2, -0.15) is 23.1 Å². The summed E-state index contributed by atoms with van der Waals surface area (Å²) in [6.07, 6.45) is 2.92. The minimum absolute atomic E-state index is 0.0521. The number of halogens is 8. The molecule has 0 radical (unpaired) electrons. The molecule has 4 rings (SSSR count). The zero-order valence-corrected chi connectivity index (χ0v) is 27.1. The van der Waals surface area contributed by atoms with Crippen molar-refractivity contribution in [3.8, 4) is 5.88 Å². The molecule has 1 amide bonds. The fourth-order valence-electron chi connectivity index (χ4n) is 4.94. The van der Waals surface area contributed by atoms with E-state index in [9.17, 15) is 35.9 Å². The van der Waals surface area contributed by atoms with E-state index in [1.165, 1.54) is 77.2 Å². The highest BCUT2D eigenvalue weighted by Crippen LogP contribution is 2.37. The van der Waals surface area contributed by atoms with Gasteiger partial charge in [0.1, 0.15) is 6.61 Å². The summed E-state index contributed by atoms with van der Waals surface area (Å²) in [5.41, 5.74) is -1.00. The third-order valence-electron chi connectivity index (χ3n) is 6.99. The van der Waals surface area contributed by atoms with E-state index >= 15 is 0 Å². The van der Waals surface area contributed by atoms with E-state index in [0.717, 1.165) is 12.0 Å². The Morgan fingerprint density at radius 3 is 2.29 bits per heavy atom. The number of H-pyrrole nitrogens is 1. The average molecular weight is 700 g/mol. The number of alkyl halides is 6. The summed E-state index contributed by atoms with van der Waals surface area (Å²) in [6, 6.07) is 4.52. The number of hydrogen-bond acceptors (Lipinski definition) is 7. The summed E-state index contributed by atoms with van der Waals surface area (Å²) >= 11 is 0. The number of aromatic amines is 1. The Hall–Kier alpha value is -4.02. The lowest BCUT2D eigenvalue weighted by atomic mass is 9.86. The topological polar surface area (TPSA) is 118 Å². The van der Waals surface area contributed by atoms with Gasteiger partial charge in [-0.25, -0.2) is 8.78 Å². The Kier molecular flexibility index (Phi) is 19.1. The Balaban J connectivity index is 0.000000749. The molecule has 0 aliphatic heterocycles. The van der Waals surface area contributed by atoms with Crippen LogP contribution in [0.1, 0.15) is 80.3 Å². The van der Waals surface area contributed by atoms with E-state index in [1.807, 2.05) is 0 Å². The number of ketones is 1. The molecule has 1 fully saturated rings. The number of benzene rings is 1. The van der Waals surface area contributed by atoms with Gasteiger partial charge in [0, 0.05) is 22.8 Å². The number of pyridine rings is 1. The Morgan fingerprint density at radius 2 is 1.73 bits per heavy atom. The second kappa shape index (κ2) is 21.8. The number of carbonyl (C=O) groups is 2. The van der Waals surface area contributed by atoms with E-state index < -0.39 is 36.5 Å². The van der Waals surface area contributed by atoms with E-state index in [2.05, 4.69) is 37.2 Å². The molecule has 1 saturated carbocycles. The van der Waals surface area contributed by atoms with Crippen LogP contribution in [0.5, 0.6) is 5.88 Å². The van der Waals surface area contributed by atoms with Crippen LogP contribution in [-0.4, -0.2) is 60.6 Å². The molecular formula is C31H41F8N5O4. The van der Waals surface area contributed by atoms with Crippen molar-refractivity contribution in [2.45, 2.75) is 77.9 Å². The van der Waals surface area contributed by atoms with Gasteiger partial charge < -0.3 is 25.1 Å². The van der Waals surface area contributed by atoms with Crippen molar-refractivity contribution in [3.63, 3.8) is 0 Å². The van der Waals surface area contributed by atoms with Gasteiger partial charge in [-0.3, -0.25) is 14.0 Å². The van der Waals surface area contributed by atoms with Gasteiger partial charge in [0.25, 0.3) is 6.43 Å². The number of Topliss-reactive ketones (excluding diaryl/α,β-unsaturated/α-hetero) is 1.